The van der Waals surface area contributed by atoms with E-state index < -0.39 is 21.4 Å². The van der Waals surface area contributed by atoms with Crippen molar-refractivity contribution in [2.75, 3.05) is 13.1 Å². The molecule has 110 valence electrons. The standard InChI is InChI=1S/C13H16ClNO4S/c1-13(12(16)17)6-8-15(9-7-13)20(18,19)11-5-3-2-4-10(11)14/h2-5H,6-9H2,1H3,(H,16,17). The first kappa shape index (κ1) is 15.3. The van der Waals surface area contributed by atoms with E-state index in [-0.39, 0.29) is 23.0 Å². The lowest BCUT2D eigenvalue weighted by Crippen LogP contribution is -2.45. The average molecular weight is 318 g/mol. The smallest absolute Gasteiger partial charge is 0.309 e. The first-order valence-electron chi connectivity index (χ1n) is 6.25. The van der Waals surface area contributed by atoms with E-state index in [0.29, 0.717) is 12.8 Å². The Labute approximate surface area is 123 Å². The number of hydrogen-bond acceptors (Lipinski definition) is 3. The summed E-state index contributed by atoms with van der Waals surface area (Å²) in [6.45, 7) is 2.03. The van der Waals surface area contributed by atoms with Crippen molar-refractivity contribution in [3.05, 3.63) is 29.3 Å². The van der Waals surface area contributed by atoms with Crippen LogP contribution in [0.25, 0.3) is 0 Å². The van der Waals surface area contributed by atoms with E-state index in [4.69, 9.17) is 16.7 Å². The van der Waals surface area contributed by atoms with E-state index in [2.05, 4.69) is 0 Å². The van der Waals surface area contributed by atoms with Gasteiger partial charge in [-0.05, 0) is 31.9 Å². The number of benzene rings is 1. The van der Waals surface area contributed by atoms with Gasteiger partial charge in [0.15, 0.2) is 0 Å². The summed E-state index contributed by atoms with van der Waals surface area (Å²) in [6.07, 6.45) is 0.595. The maximum absolute atomic E-state index is 12.5. The van der Waals surface area contributed by atoms with Gasteiger partial charge in [-0.2, -0.15) is 4.31 Å². The minimum atomic E-state index is -3.66. The van der Waals surface area contributed by atoms with Gasteiger partial charge in [0.2, 0.25) is 10.0 Å². The molecule has 7 heteroatoms. The zero-order valence-corrected chi connectivity index (χ0v) is 12.6. The summed E-state index contributed by atoms with van der Waals surface area (Å²) in [5.74, 6) is -0.882. The summed E-state index contributed by atoms with van der Waals surface area (Å²) in [4.78, 5) is 11.2. The molecule has 1 N–H and O–H groups in total. The van der Waals surface area contributed by atoms with E-state index in [1.54, 1.807) is 19.1 Å². The number of carboxylic acids is 1. The van der Waals surface area contributed by atoms with Crippen molar-refractivity contribution >= 4 is 27.6 Å². The van der Waals surface area contributed by atoms with E-state index in [1.165, 1.54) is 16.4 Å². The molecule has 0 atom stereocenters. The third kappa shape index (κ3) is 2.68. The zero-order chi connectivity index (χ0) is 15.0. The van der Waals surface area contributed by atoms with Gasteiger partial charge in [0.25, 0.3) is 0 Å². The van der Waals surface area contributed by atoms with Crippen LogP contribution in [0, 0.1) is 5.41 Å². The Morgan fingerprint density at radius 3 is 2.35 bits per heavy atom. The zero-order valence-electron chi connectivity index (χ0n) is 11.0. The third-order valence-electron chi connectivity index (χ3n) is 3.80. The van der Waals surface area contributed by atoms with Gasteiger partial charge in [0.1, 0.15) is 4.90 Å². The van der Waals surface area contributed by atoms with E-state index >= 15 is 0 Å². The highest BCUT2D eigenvalue weighted by Gasteiger charge is 2.40. The molecule has 20 heavy (non-hydrogen) atoms. The van der Waals surface area contributed by atoms with Gasteiger partial charge >= 0.3 is 5.97 Å². The molecule has 1 aliphatic heterocycles. The van der Waals surface area contributed by atoms with Crippen LogP contribution in [0.5, 0.6) is 0 Å². The fourth-order valence-electron chi connectivity index (χ4n) is 2.23. The summed E-state index contributed by atoms with van der Waals surface area (Å²) in [7, 11) is -3.66. The van der Waals surface area contributed by atoms with Crippen LogP contribution in [-0.4, -0.2) is 36.9 Å². The molecule has 1 saturated heterocycles. The Balaban J connectivity index is 2.22. The maximum atomic E-state index is 12.5. The molecule has 1 aromatic rings. The van der Waals surface area contributed by atoms with Crippen molar-refractivity contribution in [2.24, 2.45) is 5.41 Å². The van der Waals surface area contributed by atoms with E-state index in [9.17, 15) is 13.2 Å². The fourth-order valence-corrected chi connectivity index (χ4v) is 4.16. The summed E-state index contributed by atoms with van der Waals surface area (Å²) >= 11 is 5.93. The maximum Gasteiger partial charge on any atom is 0.309 e. The number of aliphatic carboxylic acids is 1. The second-order valence-electron chi connectivity index (χ2n) is 5.20. The highest BCUT2D eigenvalue weighted by molar-refractivity contribution is 7.89. The summed E-state index contributed by atoms with van der Waals surface area (Å²) in [6, 6.07) is 6.27. The molecule has 2 rings (SSSR count). The van der Waals surface area contributed by atoms with Gasteiger partial charge in [0, 0.05) is 13.1 Å². The van der Waals surface area contributed by atoms with Crippen LogP contribution in [0.4, 0.5) is 0 Å². The number of piperidine rings is 1. The summed E-state index contributed by atoms with van der Waals surface area (Å²) in [5.41, 5.74) is -0.855. The molecular weight excluding hydrogens is 302 g/mol. The minimum absolute atomic E-state index is 0.0700. The molecule has 0 saturated carbocycles. The Bertz CT molecular complexity index is 621. The van der Waals surface area contributed by atoms with Gasteiger partial charge in [0.05, 0.1) is 10.4 Å². The molecule has 1 aromatic carbocycles. The van der Waals surface area contributed by atoms with Crippen molar-refractivity contribution in [1.29, 1.82) is 0 Å². The van der Waals surface area contributed by atoms with Gasteiger partial charge in [-0.15, -0.1) is 0 Å². The van der Waals surface area contributed by atoms with Crippen molar-refractivity contribution in [3.8, 4) is 0 Å². The second-order valence-corrected chi connectivity index (χ2v) is 7.51. The van der Waals surface area contributed by atoms with E-state index in [0.717, 1.165) is 0 Å². The Morgan fingerprint density at radius 1 is 1.30 bits per heavy atom. The normalized spacial score (nSPS) is 19.7. The number of nitrogens with zero attached hydrogens (tertiary/aromatic N) is 1. The van der Waals surface area contributed by atoms with Crippen LogP contribution in [-0.2, 0) is 14.8 Å². The van der Waals surface area contributed by atoms with Crippen molar-refractivity contribution in [2.45, 2.75) is 24.7 Å². The van der Waals surface area contributed by atoms with Gasteiger partial charge in [-0.25, -0.2) is 8.42 Å². The molecule has 0 unspecified atom stereocenters. The van der Waals surface area contributed by atoms with Crippen molar-refractivity contribution in [1.82, 2.24) is 4.31 Å². The van der Waals surface area contributed by atoms with Crippen LogP contribution in [0.15, 0.2) is 29.2 Å². The fraction of sp³-hybridized carbons (Fsp3) is 0.462. The Kier molecular flexibility index (Phi) is 4.09. The number of carbonyl (C=O) groups is 1. The summed E-state index contributed by atoms with van der Waals surface area (Å²) < 4.78 is 26.3. The number of carboxylic acid groups (broad SMARTS) is 1. The lowest BCUT2D eigenvalue weighted by molar-refractivity contribution is -0.150. The molecule has 1 aliphatic rings. The summed E-state index contributed by atoms with van der Waals surface area (Å²) in [5, 5.41) is 9.34. The number of halogens is 1. The molecule has 0 aromatic heterocycles. The Morgan fingerprint density at radius 2 is 1.85 bits per heavy atom. The predicted molar refractivity (Wildman–Crippen MR) is 75.2 cm³/mol. The molecule has 1 fully saturated rings. The van der Waals surface area contributed by atoms with Crippen LogP contribution in [0.1, 0.15) is 19.8 Å². The molecule has 0 radical (unpaired) electrons. The molecule has 5 nitrogen and oxygen atoms in total. The van der Waals surface area contributed by atoms with E-state index in [1.807, 2.05) is 0 Å². The number of sulfonamides is 1. The number of rotatable bonds is 3. The second kappa shape index (κ2) is 5.35. The van der Waals surface area contributed by atoms with Crippen LogP contribution in [0.2, 0.25) is 5.02 Å². The SMILES string of the molecule is CC1(C(=O)O)CCN(S(=O)(=O)c2ccccc2Cl)CC1. The van der Waals surface area contributed by atoms with Crippen molar-refractivity contribution < 1.29 is 18.3 Å². The molecule has 0 spiro atoms. The predicted octanol–water partition coefficient (Wildman–Crippen LogP) is 2.22. The van der Waals surface area contributed by atoms with Gasteiger partial charge in [-0.1, -0.05) is 23.7 Å². The monoisotopic (exact) mass is 317 g/mol. The first-order chi connectivity index (χ1) is 9.27. The minimum Gasteiger partial charge on any atom is -0.481 e. The lowest BCUT2D eigenvalue weighted by Gasteiger charge is -2.35. The lowest BCUT2D eigenvalue weighted by atomic mass is 9.81. The molecule has 1 heterocycles. The first-order valence-corrected chi connectivity index (χ1v) is 8.07. The molecule has 0 bridgehead atoms. The number of hydrogen-bond donors (Lipinski definition) is 1. The average Bonchev–Trinajstić information content (AvgIpc) is 2.39. The Hall–Kier alpha value is -1.11. The van der Waals surface area contributed by atoms with Crippen LogP contribution >= 0.6 is 11.6 Å². The molecule has 0 aliphatic carbocycles. The van der Waals surface area contributed by atoms with Gasteiger partial charge in [-0.3, -0.25) is 4.79 Å². The van der Waals surface area contributed by atoms with Crippen molar-refractivity contribution in [3.63, 3.8) is 0 Å². The third-order valence-corrected chi connectivity index (χ3v) is 6.20. The van der Waals surface area contributed by atoms with Crippen LogP contribution in [0.3, 0.4) is 0 Å². The highest BCUT2D eigenvalue weighted by Crippen LogP contribution is 2.34. The largest absolute Gasteiger partial charge is 0.481 e. The van der Waals surface area contributed by atoms with Crippen LogP contribution < -0.4 is 0 Å². The van der Waals surface area contributed by atoms with Gasteiger partial charge < -0.3 is 5.11 Å². The highest BCUT2D eigenvalue weighted by atomic mass is 35.5. The molecule has 0 amide bonds. The topological polar surface area (TPSA) is 74.7 Å². The quantitative estimate of drug-likeness (QED) is 0.927. The molecular formula is C13H16ClNO4S.